The van der Waals surface area contributed by atoms with Gasteiger partial charge < -0.3 is 50.3 Å². The van der Waals surface area contributed by atoms with E-state index >= 15 is 0 Å². The lowest BCUT2D eigenvalue weighted by molar-refractivity contribution is -0.147. The Labute approximate surface area is 272 Å². The number of fused-ring (bicyclic) bond motifs is 2. The highest BCUT2D eigenvalue weighted by molar-refractivity contribution is 5.82. The minimum absolute atomic E-state index is 0.00514. The van der Waals surface area contributed by atoms with Crippen molar-refractivity contribution in [3.63, 3.8) is 0 Å². The van der Waals surface area contributed by atoms with Gasteiger partial charge in [0, 0.05) is 24.8 Å². The van der Waals surface area contributed by atoms with Crippen molar-refractivity contribution in [3.8, 4) is 0 Å². The molecule has 0 aliphatic carbocycles. The van der Waals surface area contributed by atoms with E-state index < -0.39 is 73.1 Å². The zero-order valence-electron chi connectivity index (χ0n) is 27.2. The fourth-order valence-corrected chi connectivity index (χ4v) is 5.91. The van der Waals surface area contributed by atoms with Crippen molar-refractivity contribution in [1.82, 2.24) is 0 Å². The molecule has 1 fully saturated rings. The second kappa shape index (κ2) is 20.9. The molecule has 2 rings (SSSR count). The minimum atomic E-state index is -1.10. The predicted molar refractivity (Wildman–Crippen MR) is 173 cm³/mol. The zero-order valence-corrected chi connectivity index (χ0v) is 27.2. The Kier molecular flexibility index (Phi) is 18.2. The monoisotopic (exact) mass is 652 g/mol. The molecule has 2 heterocycles. The maximum absolute atomic E-state index is 12.4. The standard InChI is InChI=1S/C35H56O11/c1-22(2)35-23(3)12-13-24(36)14-25(37)15-26(38)16-27(39)17-28(40)18-29(41)19-30(42)20-31-21-32(43)33(45-31)10-8-6-4-5-7-9-11-34(44)46-35/h4-13,22-33,35-43H,14-21H2,1-3H3/t23-,24-,25-,26+,27-,28+,29+,30+,31+,32+,33+,35-/m0/s1. The maximum atomic E-state index is 12.4. The van der Waals surface area contributed by atoms with Gasteiger partial charge in [0.05, 0.1) is 54.9 Å². The van der Waals surface area contributed by atoms with Crippen LogP contribution in [0, 0.1) is 11.8 Å². The topological polar surface area (TPSA) is 197 Å². The molecule has 2 bridgehead atoms. The van der Waals surface area contributed by atoms with Crippen molar-refractivity contribution in [2.75, 3.05) is 0 Å². The molecule has 0 unspecified atom stereocenters. The number of hydrogen-bond acceptors (Lipinski definition) is 11. The van der Waals surface area contributed by atoms with Crippen LogP contribution in [-0.2, 0) is 14.3 Å². The Balaban J connectivity index is 2.10. The number of aliphatic hydroxyl groups is 8. The van der Waals surface area contributed by atoms with Crippen LogP contribution in [0.5, 0.6) is 0 Å². The smallest absolute Gasteiger partial charge is 0.331 e. The summed E-state index contributed by atoms with van der Waals surface area (Å²) >= 11 is 0. The average molecular weight is 653 g/mol. The van der Waals surface area contributed by atoms with Crippen molar-refractivity contribution in [1.29, 1.82) is 0 Å². The summed E-state index contributed by atoms with van der Waals surface area (Å²) in [6.45, 7) is 5.71. The van der Waals surface area contributed by atoms with Gasteiger partial charge in [0.25, 0.3) is 0 Å². The maximum Gasteiger partial charge on any atom is 0.331 e. The lowest BCUT2D eigenvalue weighted by atomic mass is 9.93. The number of aliphatic hydroxyl groups excluding tert-OH is 8. The Morgan fingerprint density at radius 2 is 1.09 bits per heavy atom. The largest absolute Gasteiger partial charge is 0.458 e. The van der Waals surface area contributed by atoms with E-state index in [2.05, 4.69) is 0 Å². The summed E-state index contributed by atoms with van der Waals surface area (Å²) in [6.07, 6.45) is 7.01. The van der Waals surface area contributed by atoms with Crippen LogP contribution in [0.2, 0.25) is 0 Å². The van der Waals surface area contributed by atoms with E-state index in [1.807, 2.05) is 20.8 Å². The van der Waals surface area contributed by atoms with Gasteiger partial charge in [-0.2, -0.15) is 0 Å². The molecule has 11 nitrogen and oxygen atoms in total. The number of hydrogen-bond donors (Lipinski definition) is 8. The lowest BCUT2D eigenvalue weighted by Gasteiger charge is -2.25. The van der Waals surface area contributed by atoms with Gasteiger partial charge in [-0.3, -0.25) is 0 Å². The second-order valence-electron chi connectivity index (χ2n) is 13.1. The Bertz CT molecular complexity index is 1020. The Morgan fingerprint density at radius 3 is 1.63 bits per heavy atom. The molecule has 0 amide bonds. The summed E-state index contributed by atoms with van der Waals surface area (Å²) in [5.74, 6) is -0.746. The van der Waals surface area contributed by atoms with Gasteiger partial charge in [-0.05, 0) is 44.4 Å². The molecule has 11 heteroatoms. The molecule has 262 valence electrons. The number of cyclic esters (lactones) is 1. The van der Waals surface area contributed by atoms with E-state index in [1.165, 1.54) is 12.2 Å². The number of carbonyl (C=O) groups is 1. The second-order valence-corrected chi connectivity index (χ2v) is 13.1. The van der Waals surface area contributed by atoms with E-state index in [-0.39, 0.29) is 56.8 Å². The molecule has 0 spiro atoms. The van der Waals surface area contributed by atoms with Crippen LogP contribution >= 0.6 is 0 Å². The number of rotatable bonds is 1. The molecule has 0 saturated carbocycles. The predicted octanol–water partition coefficient (Wildman–Crippen LogP) is 1.76. The Hall–Kier alpha value is -2.19. The zero-order chi connectivity index (χ0) is 34.2. The van der Waals surface area contributed by atoms with E-state index in [0.29, 0.717) is 6.42 Å². The summed E-state index contributed by atoms with van der Waals surface area (Å²) in [7, 11) is 0. The first-order valence-corrected chi connectivity index (χ1v) is 16.4. The lowest BCUT2D eigenvalue weighted by Crippen LogP contribution is -2.30. The van der Waals surface area contributed by atoms with Crippen LogP contribution in [0.25, 0.3) is 0 Å². The van der Waals surface area contributed by atoms with Crippen LogP contribution < -0.4 is 0 Å². The average Bonchev–Trinajstić information content (AvgIpc) is 3.28. The third kappa shape index (κ3) is 16.1. The van der Waals surface area contributed by atoms with Crippen LogP contribution in [0.3, 0.4) is 0 Å². The van der Waals surface area contributed by atoms with Crippen LogP contribution in [0.15, 0.2) is 60.8 Å². The van der Waals surface area contributed by atoms with Crippen molar-refractivity contribution in [3.05, 3.63) is 60.8 Å². The number of allylic oxidation sites excluding steroid dienone is 6. The van der Waals surface area contributed by atoms with E-state index in [4.69, 9.17) is 9.47 Å². The first-order valence-electron chi connectivity index (χ1n) is 16.4. The third-order valence-corrected chi connectivity index (χ3v) is 8.16. The molecule has 0 aromatic carbocycles. The summed E-state index contributed by atoms with van der Waals surface area (Å²) in [4.78, 5) is 12.4. The van der Waals surface area contributed by atoms with Gasteiger partial charge in [-0.15, -0.1) is 0 Å². The van der Waals surface area contributed by atoms with Gasteiger partial charge >= 0.3 is 5.97 Å². The summed E-state index contributed by atoms with van der Waals surface area (Å²) in [5, 5.41) is 83.1. The molecule has 8 N–H and O–H groups in total. The summed E-state index contributed by atoms with van der Waals surface area (Å²) in [5.41, 5.74) is 0. The molecule has 0 aromatic heterocycles. The first-order chi connectivity index (χ1) is 21.7. The number of esters is 1. The molecule has 0 radical (unpaired) electrons. The molecule has 2 aliphatic heterocycles. The van der Waals surface area contributed by atoms with Crippen molar-refractivity contribution >= 4 is 5.97 Å². The third-order valence-electron chi connectivity index (χ3n) is 8.16. The van der Waals surface area contributed by atoms with Gasteiger partial charge in [-0.1, -0.05) is 75.5 Å². The Morgan fingerprint density at radius 1 is 0.609 bits per heavy atom. The van der Waals surface area contributed by atoms with Crippen molar-refractivity contribution in [2.24, 2.45) is 11.8 Å². The van der Waals surface area contributed by atoms with E-state index in [0.717, 1.165) is 0 Å². The van der Waals surface area contributed by atoms with Crippen LogP contribution in [-0.4, -0.2) is 114 Å². The van der Waals surface area contributed by atoms with Crippen LogP contribution in [0.4, 0.5) is 0 Å². The van der Waals surface area contributed by atoms with Crippen molar-refractivity contribution < 1.29 is 55.1 Å². The normalized spacial score (nSPS) is 38.8. The highest BCUT2D eigenvalue weighted by Crippen LogP contribution is 2.26. The SMILES string of the molecule is CC(C)[C@@H]1OC(=O)C=CC=CC=CC=C[C@H]2O[C@H](C[C@H](O)C[C@H](O)C[C@H](O)C[C@@H](O)C[C@H](O)C[C@@H](O)C[C@@H](O)C=C[C@@H]1C)C[C@H]2O. The number of carbonyl (C=O) groups excluding carboxylic acids is 1. The fraction of sp³-hybridized carbons (Fsp3) is 0.686. The first kappa shape index (κ1) is 40.0. The van der Waals surface area contributed by atoms with Gasteiger partial charge in [-0.25, -0.2) is 4.79 Å². The fourth-order valence-electron chi connectivity index (χ4n) is 5.91. The summed E-state index contributed by atoms with van der Waals surface area (Å²) < 4.78 is 11.5. The highest BCUT2D eigenvalue weighted by atomic mass is 16.5. The van der Waals surface area contributed by atoms with Crippen molar-refractivity contribution in [2.45, 2.75) is 139 Å². The van der Waals surface area contributed by atoms with E-state index in [9.17, 15) is 45.6 Å². The summed E-state index contributed by atoms with van der Waals surface area (Å²) in [6, 6.07) is 0. The molecular weight excluding hydrogens is 596 g/mol. The van der Waals surface area contributed by atoms with Gasteiger partial charge in [0.15, 0.2) is 0 Å². The van der Waals surface area contributed by atoms with Gasteiger partial charge in [0.1, 0.15) is 12.2 Å². The molecule has 46 heavy (non-hydrogen) atoms. The van der Waals surface area contributed by atoms with Gasteiger partial charge in [0.2, 0.25) is 0 Å². The van der Waals surface area contributed by atoms with E-state index in [1.54, 1.807) is 48.6 Å². The molecule has 2 aliphatic rings. The molecule has 12 atom stereocenters. The molecular formula is C35H56O11. The molecule has 1 saturated heterocycles. The molecule has 0 aromatic rings. The van der Waals surface area contributed by atoms with Crippen LogP contribution in [0.1, 0.15) is 72.1 Å². The minimum Gasteiger partial charge on any atom is -0.458 e. The quantitative estimate of drug-likeness (QED) is 0.152. The number of ether oxygens (including phenoxy) is 2. The highest BCUT2D eigenvalue weighted by Gasteiger charge is 2.34.